The molecule has 6 nitrogen and oxygen atoms in total. The van der Waals surface area contributed by atoms with Crippen LogP contribution >= 0.6 is 11.8 Å². The van der Waals surface area contributed by atoms with Crippen LogP contribution in [0.15, 0.2) is 83.9 Å². The highest BCUT2D eigenvalue weighted by Crippen LogP contribution is 2.23. The number of nitrogens with zero attached hydrogens (tertiary/aromatic N) is 3. The van der Waals surface area contributed by atoms with Gasteiger partial charge >= 0.3 is 0 Å². The van der Waals surface area contributed by atoms with Gasteiger partial charge < -0.3 is 14.3 Å². The predicted molar refractivity (Wildman–Crippen MR) is 114 cm³/mol. The van der Waals surface area contributed by atoms with E-state index in [1.54, 1.807) is 18.0 Å². The third-order valence-electron chi connectivity index (χ3n) is 4.44. The quantitative estimate of drug-likeness (QED) is 0.423. The molecule has 7 heteroatoms. The third kappa shape index (κ3) is 4.81. The average Bonchev–Trinajstić information content (AvgIpc) is 3.52. The number of aromatic nitrogens is 3. The van der Waals surface area contributed by atoms with Crippen LogP contribution in [0, 0.1) is 0 Å². The molecule has 0 radical (unpaired) electrons. The fraction of sp³-hybridized carbons (Fsp3) is 0.182. The van der Waals surface area contributed by atoms with E-state index >= 15 is 0 Å². The monoisotopic (exact) mass is 406 g/mol. The van der Waals surface area contributed by atoms with Crippen molar-refractivity contribution in [3.05, 3.63) is 90.8 Å². The molecule has 0 saturated heterocycles. The molecule has 1 N–H and O–H groups in total. The molecule has 0 unspecified atom stereocenters. The van der Waals surface area contributed by atoms with E-state index in [1.165, 1.54) is 0 Å². The van der Waals surface area contributed by atoms with E-state index in [1.807, 2.05) is 77.9 Å². The van der Waals surface area contributed by atoms with Crippen LogP contribution in [0.5, 0.6) is 0 Å². The minimum Gasteiger partial charge on any atom is -0.467 e. The molecule has 4 rings (SSSR count). The van der Waals surface area contributed by atoms with E-state index in [0.717, 1.165) is 34.3 Å². The van der Waals surface area contributed by atoms with Crippen molar-refractivity contribution in [2.75, 3.05) is 5.75 Å². The Labute approximate surface area is 173 Å². The zero-order chi connectivity index (χ0) is 19.9. The second-order valence-electron chi connectivity index (χ2n) is 6.49. The first-order valence-electron chi connectivity index (χ1n) is 9.44. The third-order valence-corrected chi connectivity index (χ3v) is 5.45. The van der Waals surface area contributed by atoms with Crippen LogP contribution in [-0.2, 0) is 17.1 Å². The number of amides is 1. The summed E-state index contributed by atoms with van der Waals surface area (Å²) in [5.74, 6) is 3.34. The Kier molecular flexibility index (Phi) is 6.16. The average molecular weight is 407 g/mol. The van der Waals surface area contributed by atoms with E-state index < -0.39 is 0 Å². The second kappa shape index (κ2) is 9.34. The standard InChI is InChI=1S/C22H22N4O2S/c27-21(23-16-20-9-6-13-28-20)10-14-29-17-18-15-24-26(19-7-2-1-3-8-19)22(18)25-11-4-5-12-25/h1-9,11-13,15H,10,14,16-17H2,(H,23,27). The number of nitrogens with one attached hydrogen (secondary N) is 1. The maximum absolute atomic E-state index is 12.0. The summed E-state index contributed by atoms with van der Waals surface area (Å²) in [6, 6.07) is 17.8. The van der Waals surface area contributed by atoms with Crippen LogP contribution in [0.1, 0.15) is 17.7 Å². The molecule has 0 aliphatic heterocycles. The largest absolute Gasteiger partial charge is 0.467 e. The molecule has 4 aromatic rings. The molecule has 29 heavy (non-hydrogen) atoms. The van der Waals surface area contributed by atoms with Gasteiger partial charge in [-0.15, -0.1) is 0 Å². The van der Waals surface area contributed by atoms with Crippen LogP contribution in [0.25, 0.3) is 11.5 Å². The van der Waals surface area contributed by atoms with Gasteiger partial charge in [-0.25, -0.2) is 4.68 Å². The number of carbonyl (C=O) groups excluding carboxylic acids is 1. The summed E-state index contributed by atoms with van der Waals surface area (Å²) in [5.41, 5.74) is 2.15. The highest BCUT2D eigenvalue weighted by Gasteiger charge is 2.14. The molecule has 0 bridgehead atoms. The van der Waals surface area contributed by atoms with Crippen molar-refractivity contribution in [2.45, 2.75) is 18.7 Å². The van der Waals surface area contributed by atoms with E-state index in [2.05, 4.69) is 15.0 Å². The Hall–Kier alpha value is -3.19. The van der Waals surface area contributed by atoms with E-state index in [9.17, 15) is 4.79 Å². The van der Waals surface area contributed by atoms with Gasteiger partial charge in [-0.05, 0) is 36.4 Å². The summed E-state index contributed by atoms with van der Waals surface area (Å²) < 4.78 is 9.25. The van der Waals surface area contributed by atoms with Gasteiger partial charge in [0, 0.05) is 35.9 Å². The van der Waals surface area contributed by atoms with Crippen molar-refractivity contribution in [1.82, 2.24) is 19.7 Å². The molecule has 0 fully saturated rings. The molecule has 148 valence electrons. The number of thioether (sulfide) groups is 1. The Morgan fingerprint density at radius 3 is 2.66 bits per heavy atom. The predicted octanol–water partition coefficient (Wildman–Crippen LogP) is 4.20. The van der Waals surface area contributed by atoms with Gasteiger partial charge in [-0.1, -0.05) is 18.2 Å². The molecule has 1 amide bonds. The van der Waals surface area contributed by atoms with Gasteiger partial charge in [0.25, 0.3) is 0 Å². The Balaban J connectivity index is 1.36. The maximum atomic E-state index is 12.0. The van der Waals surface area contributed by atoms with E-state index in [-0.39, 0.29) is 5.91 Å². The number of benzene rings is 1. The summed E-state index contributed by atoms with van der Waals surface area (Å²) in [6.45, 7) is 0.429. The lowest BCUT2D eigenvalue weighted by atomic mass is 10.3. The maximum Gasteiger partial charge on any atom is 0.221 e. The zero-order valence-corrected chi connectivity index (χ0v) is 16.7. The first kappa shape index (κ1) is 19.1. The topological polar surface area (TPSA) is 65.0 Å². The SMILES string of the molecule is O=C(CCSCc1cnn(-c2ccccc2)c1-n1cccc1)NCc1ccco1. The Morgan fingerprint density at radius 1 is 1.07 bits per heavy atom. The molecule has 0 saturated carbocycles. The lowest BCUT2D eigenvalue weighted by molar-refractivity contribution is -0.120. The van der Waals surface area contributed by atoms with Gasteiger partial charge in [0.2, 0.25) is 5.91 Å². The van der Waals surface area contributed by atoms with Gasteiger partial charge in [0.15, 0.2) is 0 Å². The van der Waals surface area contributed by atoms with Crippen LogP contribution in [0.4, 0.5) is 0 Å². The molecule has 0 aliphatic rings. The van der Waals surface area contributed by atoms with Crippen molar-refractivity contribution in [2.24, 2.45) is 0 Å². The molecule has 3 aromatic heterocycles. The van der Waals surface area contributed by atoms with Crippen molar-refractivity contribution < 1.29 is 9.21 Å². The molecular formula is C22H22N4O2S. The minimum absolute atomic E-state index is 0.0273. The number of para-hydroxylation sites is 1. The van der Waals surface area contributed by atoms with Crippen molar-refractivity contribution in [3.8, 4) is 11.5 Å². The molecule has 3 heterocycles. The van der Waals surface area contributed by atoms with Crippen LogP contribution < -0.4 is 5.32 Å². The van der Waals surface area contributed by atoms with Crippen molar-refractivity contribution in [3.63, 3.8) is 0 Å². The lowest BCUT2D eigenvalue weighted by Gasteiger charge is -2.11. The summed E-state index contributed by atoms with van der Waals surface area (Å²) in [7, 11) is 0. The van der Waals surface area contributed by atoms with E-state index in [4.69, 9.17) is 4.42 Å². The number of hydrogen-bond acceptors (Lipinski definition) is 4. The fourth-order valence-electron chi connectivity index (χ4n) is 3.02. The normalized spacial score (nSPS) is 10.9. The van der Waals surface area contributed by atoms with Crippen LogP contribution in [0.3, 0.4) is 0 Å². The highest BCUT2D eigenvalue weighted by atomic mass is 32.2. The number of furan rings is 1. The van der Waals surface area contributed by atoms with Gasteiger partial charge in [-0.3, -0.25) is 4.79 Å². The molecular weight excluding hydrogens is 384 g/mol. The first-order chi connectivity index (χ1) is 14.3. The smallest absolute Gasteiger partial charge is 0.221 e. The Morgan fingerprint density at radius 2 is 1.90 bits per heavy atom. The number of carbonyl (C=O) groups is 1. The minimum atomic E-state index is 0.0273. The second-order valence-corrected chi connectivity index (χ2v) is 7.59. The molecule has 1 aromatic carbocycles. The lowest BCUT2D eigenvalue weighted by Crippen LogP contribution is -2.22. The van der Waals surface area contributed by atoms with Crippen LogP contribution in [0.2, 0.25) is 0 Å². The highest BCUT2D eigenvalue weighted by molar-refractivity contribution is 7.98. The number of rotatable bonds is 9. The summed E-state index contributed by atoms with van der Waals surface area (Å²) >= 11 is 1.73. The van der Waals surface area contributed by atoms with Gasteiger partial charge in [0.05, 0.1) is 24.7 Å². The van der Waals surface area contributed by atoms with Gasteiger partial charge in [-0.2, -0.15) is 16.9 Å². The summed E-state index contributed by atoms with van der Waals surface area (Å²) in [4.78, 5) is 12.0. The zero-order valence-electron chi connectivity index (χ0n) is 15.9. The van der Waals surface area contributed by atoms with Crippen molar-refractivity contribution >= 4 is 17.7 Å². The summed E-state index contributed by atoms with van der Waals surface area (Å²) in [6.07, 6.45) is 8.03. The van der Waals surface area contributed by atoms with Crippen LogP contribution in [-0.4, -0.2) is 26.0 Å². The molecule has 0 atom stereocenters. The van der Waals surface area contributed by atoms with Crippen molar-refractivity contribution in [1.29, 1.82) is 0 Å². The molecule has 0 aliphatic carbocycles. The molecule has 0 spiro atoms. The first-order valence-corrected chi connectivity index (χ1v) is 10.6. The van der Waals surface area contributed by atoms with Gasteiger partial charge in [0.1, 0.15) is 11.6 Å². The van der Waals surface area contributed by atoms with E-state index in [0.29, 0.717) is 13.0 Å². The summed E-state index contributed by atoms with van der Waals surface area (Å²) in [5, 5.41) is 7.48. The fourth-order valence-corrected chi connectivity index (χ4v) is 3.92. The Bertz CT molecular complexity index is 1020. The number of hydrogen-bond donors (Lipinski definition) is 1.